The molecule has 1 aliphatic rings. The van der Waals surface area contributed by atoms with Crippen molar-refractivity contribution in [2.75, 3.05) is 13.2 Å². The molecule has 2 rings (SSSR count). The van der Waals surface area contributed by atoms with Crippen LogP contribution >= 0.6 is 15.9 Å². The number of aliphatic hydroxyl groups is 1. The lowest BCUT2D eigenvalue weighted by molar-refractivity contribution is 0.0558. The van der Waals surface area contributed by atoms with Crippen molar-refractivity contribution in [3.63, 3.8) is 0 Å². The molecule has 104 valence electrons. The molecule has 1 fully saturated rings. The van der Waals surface area contributed by atoms with E-state index in [0.29, 0.717) is 17.4 Å². The third kappa shape index (κ3) is 3.34. The number of carbonyl (C=O) groups is 1. The van der Waals surface area contributed by atoms with Gasteiger partial charge in [0.25, 0.3) is 5.91 Å². The Morgan fingerprint density at radius 3 is 2.74 bits per heavy atom. The van der Waals surface area contributed by atoms with Crippen LogP contribution in [-0.4, -0.2) is 35.1 Å². The normalized spacial score (nSPS) is 15.1. The van der Waals surface area contributed by atoms with Gasteiger partial charge in [0.1, 0.15) is 5.82 Å². The van der Waals surface area contributed by atoms with Gasteiger partial charge in [0, 0.05) is 23.7 Å². The second-order valence-electron chi connectivity index (χ2n) is 4.78. The van der Waals surface area contributed by atoms with Gasteiger partial charge < -0.3 is 10.0 Å². The molecule has 0 aromatic heterocycles. The molecule has 1 saturated carbocycles. The number of halogens is 2. The van der Waals surface area contributed by atoms with Gasteiger partial charge in [-0.3, -0.25) is 4.79 Å². The van der Waals surface area contributed by atoms with E-state index in [1.807, 2.05) is 0 Å². The molecule has 0 atom stereocenters. The smallest absolute Gasteiger partial charge is 0.257 e. The average molecular weight is 330 g/mol. The molecule has 0 heterocycles. The molecule has 0 spiro atoms. The fourth-order valence-corrected chi connectivity index (χ4v) is 2.54. The zero-order valence-corrected chi connectivity index (χ0v) is 12.2. The van der Waals surface area contributed by atoms with Gasteiger partial charge >= 0.3 is 0 Å². The van der Waals surface area contributed by atoms with E-state index in [2.05, 4.69) is 15.9 Å². The van der Waals surface area contributed by atoms with Gasteiger partial charge in [-0.15, -0.1) is 0 Å². The van der Waals surface area contributed by atoms with Gasteiger partial charge in [-0.1, -0.05) is 15.9 Å². The minimum absolute atomic E-state index is 0.0410. The van der Waals surface area contributed by atoms with Gasteiger partial charge in [0.15, 0.2) is 0 Å². The highest BCUT2D eigenvalue weighted by Crippen LogP contribution is 2.27. The van der Waals surface area contributed by atoms with Crippen LogP contribution in [0.25, 0.3) is 0 Å². The van der Waals surface area contributed by atoms with Crippen LogP contribution < -0.4 is 0 Å². The first-order chi connectivity index (χ1) is 9.13. The van der Waals surface area contributed by atoms with E-state index in [4.69, 9.17) is 5.11 Å². The molecule has 0 unspecified atom stereocenters. The van der Waals surface area contributed by atoms with Gasteiger partial charge in [0.2, 0.25) is 0 Å². The molecule has 5 heteroatoms. The molecule has 1 amide bonds. The number of aliphatic hydroxyl groups excluding tert-OH is 1. The van der Waals surface area contributed by atoms with Crippen LogP contribution in [0.1, 0.15) is 36.0 Å². The highest BCUT2D eigenvalue weighted by molar-refractivity contribution is 9.10. The third-order valence-electron chi connectivity index (χ3n) is 3.50. The Labute approximate surface area is 120 Å². The summed E-state index contributed by atoms with van der Waals surface area (Å²) < 4.78 is 14.5. The fraction of sp³-hybridized carbons (Fsp3) is 0.500. The van der Waals surface area contributed by atoms with E-state index in [-0.39, 0.29) is 24.1 Å². The van der Waals surface area contributed by atoms with E-state index in [1.165, 1.54) is 12.1 Å². The summed E-state index contributed by atoms with van der Waals surface area (Å²) >= 11 is 3.18. The Kier molecular flexibility index (Phi) is 4.93. The second-order valence-corrected chi connectivity index (χ2v) is 5.70. The molecule has 1 aromatic carbocycles. The fourth-order valence-electron chi connectivity index (χ4n) is 2.21. The van der Waals surface area contributed by atoms with Gasteiger partial charge in [0.05, 0.1) is 5.56 Å². The van der Waals surface area contributed by atoms with Crippen LogP contribution in [0.5, 0.6) is 0 Å². The Morgan fingerprint density at radius 2 is 2.21 bits per heavy atom. The van der Waals surface area contributed by atoms with Crippen molar-refractivity contribution in [2.24, 2.45) is 0 Å². The second kappa shape index (κ2) is 6.48. The monoisotopic (exact) mass is 329 g/mol. The molecule has 19 heavy (non-hydrogen) atoms. The maximum Gasteiger partial charge on any atom is 0.257 e. The summed E-state index contributed by atoms with van der Waals surface area (Å²) in [4.78, 5) is 14.1. The Bertz CT molecular complexity index is 463. The maximum atomic E-state index is 13.8. The largest absolute Gasteiger partial charge is 0.396 e. The van der Waals surface area contributed by atoms with Crippen LogP contribution in [-0.2, 0) is 0 Å². The minimum atomic E-state index is -0.507. The van der Waals surface area contributed by atoms with Crippen molar-refractivity contribution in [2.45, 2.75) is 31.7 Å². The number of amides is 1. The van der Waals surface area contributed by atoms with Crippen LogP contribution in [0.15, 0.2) is 22.7 Å². The number of rotatable bonds is 5. The summed E-state index contributed by atoms with van der Waals surface area (Å²) in [6.45, 7) is 0.523. The maximum absolute atomic E-state index is 13.8. The lowest BCUT2D eigenvalue weighted by Gasteiger charge is -2.37. The number of carbonyl (C=O) groups excluding carboxylic acids is 1. The molecular weight excluding hydrogens is 313 g/mol. The summed E-state index contributed by atoms with van der Waals surface area (Å²) in [6, 6.07) is 4.67. The summed E-state index contributed by atoms with van der Waals surface area (Å²) in [7, 11) is 0. The van der Waals surface area contributed by atoms with E-state index >= 15 is 0 Å². The first-order valence-corrected chi connectivity index (χ1v) is 7.29. The molecule has 0 aliphatic heterocycles. The Balaban J connectivity index is 2.17. The highest BCUT2D eigenvalue weighted by Gasteiger charge is 2.30. The zero-order chi connectivity index (χ0) is 13.8. The lowest BCUT2D eigenvalue weighted by Crippen LogP contribution is -2.45. The third-order valence-corrected chi connectivity index (χ3v) is 3.99. The molecule has 1 aliphatic carbocycles. The van der Waals surface area contributed by atoms with E-state index in [9.17, 15) is 9.18 Å². The first kappa shape index (κ1) is 14.5. The summed E-state index contributed by atoms with van der Waals surface area (Å²) in [5.74, 6) is -0.782. The number of hydrogen-bond acceptors (Lipinski definition) is 2. The summed E-state index contributed by atoms with van der Waals surface area (Å²) in [5.41, 5.74) is 0.105. The molecule has 0 bridgehead atoms. The molecule has 0 saturated heterocycles. The van der Waals surface area contributed by atoms with Crippen LogP contribution in [0.4, 0.5) is 4.39 Å². The standard InChI is InChI=1S/C14H17BrFNO2/c15-10-5-6-12(13(16)9-10)14(19)17(7-2-8-18)11-3-1-4-11/h5-6,9,11,18H,1-4,7-8H2. The van der Waals surface area contributed by atoms with Gasteiger partial charge in [-0.2, -0.15) is 0 Å². The average Bonchev–Trinajstić information content (AvgIpc) is 2.31. The number of hydrogen-bond donors (Lipinski definition) is 1. The highest BCUT2D eigenvalue weighted by atomic mass is 79.9. The van der Waals surface area contributed by atoms with Gasteiger partial charge in [-0.05, 0) is 43.9 Å². The quantitative estimate of drug-likeness (QED) is 0.902. The van der Waals surface area contributed by atoms with Crippen molar-refractivity contribution in [3.05, 3.63) is 34.1 Å². The Morgan fingerprint density at radius 1 is 1.47 bits per heavy atom. The van der Waals surface area contributed by atoms with E-state index in [1.54, 1.807) is 11.0 Å². The summed E-state index contributed by atoms with van der Waals surface area (Å²) in [6.07, 6.45) is 3.57. The molecular formula is C14H17BrFNO2. The van der Waals surface area contributed by atoms with Crippen molar-refractivity contribution in [1.29, 1.82) is 0 Å². The van der Waals surface area contributed by atoms with Gasteiger partial charge in [-0.25, -0.2) is 4.39 Å². The van der Waals surface area contributed by atoms with Crippen molar-refractivity contribution in [1.82, 2.24) is 4.90 Å². The minimum Gasteiger partial charge on any atom is -0.396 e. The Hall–Kier alpha value is -0.940. The van der Waals surface area contributed by atoms with Crippen molar-refractivity contribution >= 4 is 21.8 Å². The predicted molar refractivity (Wildman–Crippen MR) is 74.5 cm³/mol. The molecule has 3 nitrogen and oxygen atoms in total. The van der Waals surface area contributed by atoms with E-state index in [0.717, 1.165) is 19.3 Å². The van der Waals surface area contributed by atoms with E-state index < -0.39 is 5.82 Å². The first-order valence-electron chi connectivity index (χ1n) is 6.50. The topological polar surface area (TPSA) is 40.5 Å². The molecule has 1 N–H and O–H groups in total. The molecule has 1 aromatic rings. The number of benzene rings is 1. The SMILES string of the molecule is O=C(c1ccc(Br)cc1F)N(CCCO)C1CCC1. The lowest BCUT2D eigenvalue weighted by atomic mass is 9.90. The predicted octanol–water partition coefficient (Wildman–Crippen LogP) is 2.97. The molecule has 0 radical (unpaired) electrons. The van der Waals surface area contributed by atoms with Crippen LogP contribution in [0, 0.1) is 5.82 Å². The zero-order valence-electron chi connectivity index (χ0n) is 10.6. The van der Waals surface area contributed by atoms with Crippen molar-refractivity contribution < 1.29 is 14.3 Å². The van der Waals surface area contributed by atoms with Crippen molar-refractivity contribution in [3.8, 4) is 0 Å². The number of nitrogens with zero attached hydrogens (tertiary/aromatic N) is 1. The van der Waals surface area contributed by atoms with Crippen LogP contribution in [0.3, 0.4) is 0 Å². The van der Waals surface area contributed by atoms with Crippen LogP contribution in [0.2, 0.25) is 0 Å². The summed E-state index contributed by atoms with van der Waals surface area (Å²) in [5, 5.41) is 8.91.